The SMILES string of the molecule is NCc1[c]cc(S(N)(=O)=O)cc1. The molecule has 0 aliphatic rings. The number of primary sulfonamides is 1. The van der Waals surface area contributed by atoms with Crippen LogP contribution in [0.5, 0.6) is 0 Å². The molecule has 1 rings (SSSR count). The van der Waals surface area contributed by atoms with E-state index in [0.29, 0.717) is 6.54 Å². The highest BCUT2D eigenvalue weighted by Gasteiger charge is 2.05. The Morgan fingerprint density at radius 1 is 1.42 bits per heavy atom. The Kier molecular flexibility index (Phi) is 2.46. The van der Waals surface area contributed by atoms with Gasteiger partial charge in [0, 0.05) is 6.54 Å². The molecule has 0 saturated heterocycles. The second-order valence-corrected chi connectivity index (χ2v) is 3.86. The van der Waals surface area contributed by atoms with Crippen LogP contribution in [0.15, 0.2) is 23.1 Å². The molecule has 0 aliphatic carbocycles. The third kappa shape index (κ3) is 2.04. The third-order valence-electron chi connectivity index (χ3n) is 1.40. The first kappa shape index (κ1) is 9.18. The Hall–Kier alpha value is -0.910. The van der Waals surface area contributed by atoms with Crippen LogP contribution in [0.25, 0.3) is 0 Å². The predicted molar refractivity (Wildman–Crippen MR) is 44.5 cm³/mol. The molecule has 0 amide bonds. The molecule has 0 fully saturated rings. The number of benzene rings is 1. The summed E-state index contributed by atoms with van der Waals surface area (Å²) in [6.07, 6.45) is 0. The second kappa shape index (κ2) is 3.22. The standard InChI is InChI=1S/C7H9N2O2S/c8-5-6-1-3-7(4-2-6)12(9,10)11/h1,3-4H,5,8H2,(H2,9,10,11). The fourth-order valence-electron chi connectivity index (χ4n) is 0.747. The second-order valence-electron chi connectivity index (χ2n) is 2.30. The van der Waals surface area contributed by atoms with Crippen molar-refractivity contribution in [1.82, 2.24) is 0 Å². The van der Waals surface area contributed by atoms with Crippen molar-refractivity contribution in [3.63, 3.8) is 0 Å². The number of nitrogens with two attached hydrogens (primary N) is 2. The maximum absolute atomic E-state index is 10.8. The van der Waals surface area contributed by atoms with Gasteiger partial charge in [0.05, 0.1) is 4.90 Å². The van der Waals surface area contributed by atoms with Crippen molar-refractivity contribution >= 4 is 10.0 Å². The van der Waals surface area contributed by atoms with Gasteiger partial charge in [-0.1, -0.05) is 6.07 Å². The van der Waals surface area contributed by atoms with Crippen molar-refractivity contribution in [2.24, 2.45) is 10.9 Å². The highest BCUT2D eigenvalue weighted by Crippen LogP contribution is 2.06. The summed E-state index contributed by atoms with van der Waals surface area (Å²) < 4.78 is 21.5. The zero-order valence-corrected chi connectivity index (χ0v) is 7.14. The zero-order valence-electron chi connectivity index (χ0n) is 6.32. The molecule has 1 aromatic rings. The summed E-state index contributed by atoms with van der Waals surface area (Å²) in [7, 11) is -3.60. The minimum Gasteiger partial charge on any atom is -0.326 e. The number of hydrogen-bond donors (Lipinski definition) is 2. The molecule has 0 bridgehead atoms. The molecule has 0 spiro atoms. The molecule has 4 N–H and O–H groups in total. The van der Waals surface area contributed by atoms with Gasteiger partial charge in [-0.3, -0.25) is 0 Å². The monoisotopic (exact) mass is 185 g/mol. The lowest BCUT2D eigenvalue weighted by Crippen LogP contribution is -2.12. The van der Waals surface area contributed by atoms with Crippen LogP contribution in [-0.2, 0) is 16.6 Å². The minimum absolute atomic E-state index is 0.0553. The zero-order chi connectivity index (χ0) is 9.19. The van der Waals surface area contributed by atoms with Crippen LogP contribution >= 0.6 is 0 Å². The van der Waals surface area contributed by atoms with E-state index in [1.807, 2.05) is 0 Å². The molecule has 0 unspecified atom stereocenters. The van der Waals surface area contributed by atoms with Gasteiger partial charge in [0.1, 0.15) is 0 Å². The highest BCUT2D eigenvalue weighted by atomic mass is 32.2. The molecule has 0 saturated carbocycles. The van der Waals surface area contributed by atoms with Gasteiger partial charge in [-0.15, -0.1) is 0 Å². The van der Waals surface area contributed by atoms with E-state index < -0.39 is 10.0 Å². The van der Waals surface area contributed by atoms with Gasteiger partial charge in [0.2, 0.25) is 10.0 Å². The molecule has 65 valence electrons. The average Bonchev–Trinajstić information content (AvgIpc) is 2.03. The lowest BCUT2D eigenvalue weighted by Gasteiger charge is -1.98. The smallest absolute Gasteiger partial charge is 0.238 e. The number of hydrogen-bond acceptors (Lipinski definition) is 3. The van der Waals surface area contributed by atoms with Crippen LogP contribution in [0, 0.1) is 6.07 Å². The molecule has 5 heteroatoms. The first-order valence-corrected chi connectivity index (χ1v) is 4.82. The Labute approximate surface area is 71.2 Å². The fraction of sp³-hybridized carbons (Fsp3) is 0.143. The van der Waals surface area contributed by atoms with Crippen LogP contribution < -0.4 is 10.9 Å². The largest absolute Gasteiger partial charge is 0.326 e. The third-order valence-corrected chi connectivity index (χ3v) is 2.31. The van der Waals surface area contributed by atoms with E-state index in [9.17, 15) is 8.42 Å². The average molecular weight is 185 g/mol. The Morgan fingerprint density at radius 2 is 2.08 bits per heavy atom. The van der Waals surface area contributed by atoms with E-state index in [-0.39, 0.29) is 4.90 Å². The maximum atomic E-state index is 10.8. The van der Waals surface area contributed by atoms with E-state index in [2.05, 4.69) is 6.07 Å². The predicted octanol–water partition coefficient (Wildman–Crippen LogP) is -0.407. The lowest BCUT2D eigenvalue weighted by molar-refractivity contribution is 0.597. The Morgan fingerprint density at radius 3 is 2.42 bits per heavy atom. The van der Waals surface area contributed by atoms with Crippen LogP contribution in [0.3, 0.4) is 0 Å². The Bertz CT molecular complexity index is 355. The molecular weight excluding hydrogens is 176 g/mol. The fourth-order valence-corrected chi connectivity index (χ4v) is 1.23. The van der Waals surface area contributed by atoms with Crippen molar-refractivity contribution in [3.8, 4) is 0 Å². The molecule has 1 aromatic carbocycles. The van der Waals surface area contributed by atoms with Crippen molar-refractivity contribution in [1.29, 1.82) is 0 Å². The summed E-state index contributed by atoms with van der Waals surface area (Å²) in [6.45, 7) is 0.338. The maximum Gasteiger partial charge on any atom is 0.238 e. The van der Waals surface area contributed by atoms with Crippen LogP contribution in [0.2, 0.25) is 0 Å². The molecular formula is C7H9N2O2S. The minimum atomic E-state index is -3.60. The van der Waals surface area contributed by atoms with Gasteiger partial charge in [0.15, 0.2) is 0 Å². The summed E-state index contributed by atoms with van der Waals surface area (Å²) >= 11 is 0. The lowest BCUT2D eigenvalue weighted by atomic mass is 10.2. The Balaban J connectivity index is 3.09. The van der Waals surface area contributed by atoms with Crippen LogP contribution in [0.1, 0.15) is 5.56 Å². The van der Waals surface area contributed by atoms with Crippen LogP contribution in [-0.4, -0.2) is 8.42 Å². The summed E-state index contributed by atoms with van der Waals surface area (Å²) in [4.78, 5) is 0.0553. The molecule has 4 nitrogen and oxygen atoms in total. The van der Waals surface area contributed by atoms with Gasteiger partial charge in [-0.2, -0.15) is 0 Å². The molecule has 1 radical (unpaired) electrons. The quantitative estimate of drug-likeness (QED) is 0.656. The van der Waals surface area contributed by atoms with Crippen molar-refractivity contribution in [3.05, 3.63) is 29.8 Å². The molecule has 0 aliphatic heterocycles. The van der Waals surface area contributed by atoms with E-state index in [0.717, 1.165) is 5.56 Å². The highest BCUT2D eigenvalue weighted by molar-refractivity contribution is 7.89. The number of rotatable bonds is 2. The summed E-state index contributed by atoms with van der Waals surface area (Å²) in [5, 5.41) is 4.87. The van der Waals surface area contributed by atoms with Gasteiger partial charge >= 0.3 is 0 Å². The molecule has 0 aromatic heterocycles. The first-order valence-electron chi connectivity index (χ1n) is 3.27. The van der Waals surface area contributed by atoms with Gasteiger partial charge < -0.3 is 5.73 Å². The van der Waals surface area contributed by atoms with Gasteiger partial charge in [-0.25, -0.2) is 13.6 Å². The van der Waals surface area contributed by atoms with Crippen molar-refractivity contribution < 1.29 is 8.42 Å². The normalized spacial score (nSPS) is 11.5. The van der Waals surface area contributed by atoms with E-state index >= 15 is 0 Å². The molecule has 0 heterocycles. The van der Waals surface area contributed by atoms with Gasteiger partial charge in [0.25, 0.3) is 0 Å². The van der Waals surface area contributed by atoms with E-state index in [1.165, 1.54) is 12.1 Å². The van der Waals surface area contributed by atoms with Gasteiger partial charge in [-0.05, 0) is 23.8 Å². The van der Waals surface area contributed by atoms with Crippen molar-refractivity contribution in [2.45, 2.75) is 11.4 Å². The summed E-state index contributed by atoms with van der Waals surface area (Å²) in [5.74, 6) is 0. The molecule has 0 atom stereocenters. The summed E-state index contributed by atoms with van der Waals surface area (Å²) in [5.41, 5.74) is 6.05. The first-order chi connectivity index (χ1) is 5.54. The summed E-state index contributed by atoms with van der Waals surface area (Å²) in [6, 6.07) is 7.02. The van der Waals surface area contributed by atoms with Crippen molar-refractivity contribution in [2.75, 3.05) is 0 Å². The van der Waals surface area contributed by atoms with Crippen LogP contribution in [0.4, 0.5) is 0 Å². The number of sulfonamides is 1. The van der Waals surface area contributed by atoms with E-state index in [1.54, 1.807) is 6.07 Å². The molecule has 12 heavy (non-hydrogen) atoms. The topological polar surface area (TPSA) is 86.2 Å². The van der Waals surface area contributed by atoms with E-state index in [4.69, 9.17) is 10.9 Å².